The van der Waals surface area contributed by atoms with E-state index in [1.807, 2.05) is 0 Å². The van der Waals surface area contributed by atoms with E-state index in [2.05, 4.69) is 49.1 Å². The smallest absolute Gasteiger partial charge is 0.0914 e. The molecule has 2 aromatic rings. The SMILES string of the molecule is CCc1c[nH]c2ccc(C(C)C)nc12.[HH]. The van der Waals surface area contributed by atoms with E-state index < -0.39 is 0 Å². The van der Waals surface area contributed by atoms with Crippen LogP contribution in [0.4, 0.5) is 0 Å². The number of H-pyrrole nitrogens is 1. The lowest BCUT2D eigenvalue weighted by molar-refractivity contribution is 0.829. The number of fused-ring (bicyclic) bond motifs is 1. The van der Waals surface area contributed by atoms with Crippen LogP contribution in [0.1, 0.15) is 39.4 Å². The van der Waals surface area contributed by atoms with Gasteiger partial charge < -0.3 is 4.98 Å². The summed E-state index contributed by atoms with van der Waals surface area (Å²) in [6.07, 6.45) is 3.09. The Morgan fingerprint density at radius 1 is 1.43 bits per heavy atom. The summed E-state index contributed by atoms with van der Waals surface area (Å²) in [6.45, 7) is 6.51. The molecule has 0 spiro atoms. The molecule has 0 bridgehead atoms. The monoisotopic (exact) mass is 190 g/mol. The molecule has 0 unspecified atom stereocenters. The summed E-state index contributed by atoms with van der Waals surface area (Å²) in [6, 6.07) is 4.22. The molecule has 2 heteroatoms. The number of hydrogen-bond donors (Lipinski definition) is 1. The highest BCUT2D eigenvalue weighted by molar-refractivity contribution is 5.79. The van der Waals surface area contributed by atoms with Crippen LogP contribution in [0.5, 0.6) is 0 Å². The third-order valence-corrected chi connectivity index (χ3v) is 2.60. The second kappa shape index (κ2) is 3.45. The van der Waals surface area contributed by atoms with Crippen LogP contribution in [0.3, 0.4) is 0 Å². The third kappa shape index (κ3) is 1.41. The largest absolute Gasteiger partial charge is 0.360 e. The van der Waals surface area contributed by atoms with Crippen molar-refractivity contribution < 1.29 is 1.43 Å². The molecule has 0 aliphatic rings. The molecule has 0 fully saturated rings. The molecule has 0 saturated heterocycles. The van der Waals surface area contributed by atoms with Gasteiger partial charge in [0.05, 0.1) is 11.0 Å². The second-order valence-electron chi connectivity index (χ2n) is 3.95. The lowest BCUT2D eigenvalue weighted by Crippen LogP contribution is -1.92. The van der Waals surface area contributed by atoms with E-state index in [0.717, 1.165) is 17.5 Å². The summed E-state index contributed by atoms with van der Waals surface area (Å²) in [7, 11) is 0. The molecule has 0 aliphatic heterocycles. The summed E-state index contributed by atoms with van der Waals surface area (Å²) >= 11 is 0. The second-order valence-corrected chi connectivity index (χ2v) is 3.95. The van der Waals surface area contributed by atoms with Gasteiger partial charge >= 0.3 is 0 Å². The lowest BCUT2D eigenvalue weighted by atomic mass is 10.1. The molecule has 0 atom stereocenters. The molecular formula is C12H18N2. The first-order valence-electron chi connectivity index (χ1n) is 5.19. The van der Waals surface area contributed by atoms with Crippen LogP contribution in [-0.4, -0.2) is 9.97 Å². The summed E-state index contributed by atoms with van der Waals surface area (Å²) in [5.74, 6) is 0.499. The quantitative estimate of drug-likeness (QED) is 0.771. The zero-order valence-corrected chi connectivity index (χ0v) is 8.96. The highest BCUT2D eigenvalue weighted by Gasteiger charge is 2.06. The van der Waals surface area contributed by atoms with Crippen molar-refractivity contribution in [2.75, 3.05) is 0 Å². The molecular weight excluding hydrogens is 172 g/mol. The van der Waals surface area contributed by atoms with Gasteiger partial charge in [0.15, 0.2) is 0 Å². The fraction of sp³-hybridized carbons (Fsp3) is 0.417. The van der Waals surface area contributed by atoms with Crippen LogP contribution in [0.15, 0.2) is 18.3 Å². The molecule has 76 valence electrons. The predicted octanol–water partition coefficient (Wildman–Crippen LogP) is 3.49. The van der Waals surface area contributed by atoms with Crippen molar-refractivity contribution >= 4 is 11.0 Å². The Morgan fingerprint density at radius 2 is 2.21 bits per heavy atom. The van der Waals surface area contributed by atoms with Crippen LogP contribution in [0.2, 0.25) is 0 Å². The van der Waals surface area contributed by atoms with Crippen LogP contribution in [0.25, 0.3) is 11.0 Å². The Morgan fingerprint density at radius 3 is 2.86 bits per heavy atom. The van der Waals surface area contributed by atoms with Gasteiger partial charge in [-0.25, -0.2) is 0 Å². The van der Waals surface area contributed by atoms with E-state index in [9.17, 15) is 0 Å². The van der Waals surface area contributed by atoms with E-state index in [-0.39, 0.29) is 1.43 Å². The molecule has 2 rings (SSSR count). The number of rotatable bonds is 2. The number of aromatic nitrogens is 2. The summed E-state index contributed by atoms with van der Waals surface area (Å²) in [5, 5.41) is 0. The van der Waals surface area contributed by atoms with E-state index in [0.29, 0.717) is 5.92 Å². The van der Waals surface area contributed by atoms with Gasteiger partial charge in [-0.3, -0.25) is 4.98 Å². The first-order valence-corrected chi connectivity index (χ1v) is 5.19. The number of pyridine rings is 1. The van der Waals surface area contributed by atoms with Crippen molar-refractivity contribution in [3.05, 3.63) is 29.6 Å². The van der Waals surface area contributed by atoms with Crippen molar-refractivity contribution in [1.29, 1.82) is 0 Å². The van der Waals surface area contributed by atoms with Crippen LogP contribution in [0, 0.1) is 0 Å². The molecule has 0 aromatic carbocycles. The maximum atomic E-state index is 4.67. The molecule has 0 aliphatic carbocycles. The van der Waals surface area contributed by atoms with Crippen molar-refractivity contribution in [2.45, 2.75) is 33.1 Å². The van der Waals surface area contributed by atoms with E-state index in [1.165, 1.54) is 11.3 Å². The van der Waals surface area contributed by atoms with Gasteiger partial charge in [0, 0.05) is 13.3 Å². The fourth-order valence-electron chi connectivity index (χ4n) is 1.66. The minimum atomic E-state index is 0. The average molecular weight is 190 g/mol. The Balaban J connectivity index is 0.00000112. The van der Waals surface area contributed by atoms with Crippen LogP contribution in [-0.2, 0) is 6.42 Å². The Hall–Kier alpha value is -1.31. The highest BCUT2D eigenvalue weighted by Crippen LogP contribution is 2.20. The zero-order valence-electron chi connectivity index (χ0n) is 8.96. The van der Waals surface area contributed by atoms with E-state index in [1.54, 1.807) is 0 Å². The van der Waals surface area contributed by atoms with Gasteiger partial charge in [-0.05, 0) is 30.0 Å². The van der Waals surface area contributed by atoms with Gasteiger partial charge in [-0.1, -0.05) is 20.8 Å². The van der Waals surface area contributed by atoms with Gasteiger partial charge in [0.2, 0.25) is 0 Å². The Labute approximate surface area is 85.9 Å². The summed E-state index contributed by atoms with van der Waals surface area (Å²) < 4.78 is 0. The molecule has 1 N–H and O–H groups in total. The van der Waals surface area contributed by atoms with Crippen molar-refractivity contribution in [3.63, 3.8) is 0 Å². The average Bonchev–Trinajstić information content (AvgIpc) is 2.59. The molecule has 0 radical (unpaired) electrons. The maximum Gasteiger partial charge on any atom is 0.0914 e. The van der Waals surface area contributed by atoms with Crippen molar-refractivity contribution in [2.24, 2.45) is 0 Å². The standard InChI is InChI=1S/C12H16N2.H2/c1-4-9-7-13-11-6-5-10(8(2)3)14-12(9)11;/h5-8,13H,4H2,1-3H3;1H. The molecule has 2 heterocycles. The molecule has 0 amide bonds. The Bertz CT molecular complexity index is 446. The zero-order chi connectivity index (χ0) is 10.1. The van der Waals surface area contributed by atoms with Gasteiger partial charge in [0.1, 0.15) is 0 Å². The minimum Gasteiger partial charge on any atom is -0.360 e. The molecule has 2 aromatic heterocycles. The predicted molar refractivity (Wildman–Crippen MR) is 61.7 cm³/mol. The number of nitrogens with zero attached hydrogens (tertiary/aromatic N) is 1. The van der Waals surface area contributed by atoms with Crippen LogP contribution >= 0.6 is 0 Å². The topological polar surface area (TPSA) is 28.7 Å². The number of hydrogen-bond acceptors (Lipinski definition) is 1. The van der Waals surface area contributed by atoms with Crippen LogP contribution < -0.4 is 0 Å². The molecule has 14 heavy (non-hydrogen) atoms. The third-order valence-electron chi connectivity index (χ3n) is 2.60. The lowest BCUT2D eigenvalue weighted by Gasteiger charge is -2.04. The van der Waals surface area contributed by atoms with E-state index >= 15 is 0 Å². The first-order chi connectivity index (χ1) is 6.72. The van der Waals surface area contributed by atoms with Gasteiger partial charge in [-0.2, -0.15) is 0 Å². The minimum absolute atomic E-state index is 0. The van der Waals surface area contributed by atoms with Crippen molar-refractivity contribution in [1.82, 2.24) is 9.97 Å². The summed E-state index contributed by atoms with van der Waals surface area (Å²) in [4.78, 5) is 7.92. The van der Waals surface area contributed by atoms with Gasteiger partial charge in [0.25, 0.3) is 0 Å². The molecule has 2 nitrogen and oxygen atoms in total. The number of aryl methyl sites for hydroxylation is 1. The number of nitrogens with one attached hydrogen (secondary N) is 1. The highest BCUT2D eigenvalue weighted by atomic mass is 14.8. The maximum absolute atomic E-state index is 4.67. The van der Waals surface area contributed by atoms with E-state index in [4.69, 9.17) is 0 Å². The normalized spacial score (nSPS) is 11.4. The van der Waals surface area contributed by atoms with Gasteiger partial charge in [-0.15, -0.1) is 0 Å². The Kier molecular flexibility index (Phi) is 2.28. The van der Waals surface area contributed by atoms with Crippen molar-refractivity contribution in [3.8, 4) is 0 Å². The molecule has 0 saturated carbocycles. The number of aromatic amines is 1. The summed E-state index contributed by atoms with van der Waals surface area (Å²) in [5.41, 5.74) is 4.76. The first kappa shape index (κ1) is 9.25. The fourth-order valence-corrected chi connectivity index (χ4v) is 1.66.